The van der Waals surface area contributed by atoms with Crippen LogP contribution in [-0.2, 0) is 4.74 Å². The highest BCUT2D eigenvalue weighted by Crippen LogP contribution is 2.33. The summed E-state index contributed by atoms with van der Waals surface area (Å²) in [6.07, 6.45) is -2.26. The summed E-state index contributed by atoms with van der Waals surface area (Å²) in [4.78, 5) is 23.5. The van der Waals surface area contributed by atoms with Crippen molar-refractivity contribution in [3.8, 4) is 0 Å². The van der Waals surface area contributed by atoms with Gasteiger partial charge in [0.15, 0.2) is 6.23 Å². The quantitative estimate of drug-likeness (QED) is 0.586. The summed E-state index contributed by atoms with van der Waals surface area (Å²) in [6.45, 7) is -0.444. The number of nitrogens with zero attached hydrogens (tertiary/aromatic N) is 1. The van der Waals surface area contributed by atoms with Gasteiger partial charge in [0, 0.05) is 0 Å². The number of hydrogen-bond acceptors (Lipinski definition) is 5. The van der Waals surface area contributed by atoms with Gasteiger partial charge in [-0.2, -0.15) is 4.39 Å². The molecule has 1 fully saturated rings. The molecule has 100 valence electrons. The van der Waals surface area contributed by atoms with Gasteiger partial charge in [0.25, 0.3) is 5.56 Å². The van der Waals surface area contributed by atoms with Crippen LogP contribution in [0.15, 0.2) is 15.8 Å². The van der Waals surface area contributed by atoms with Crippen LogP contribution in [0.4, 0.5) is 4.39 Å². The van der Waals surface area contributed by atoms with Crippen molar-refractivity contribution in [2.75, 3.05) is 6.61 Å². The summed E-state index contributed by atoms with van der Waals surface area (Å²) in [5, 5.41) is 18.7. The molecule has 2 rings (SSSR count). The smallest absolute Gasteiger partial charge is 0.330 e. The van der Waals surface area contributed by atoms with E-state index in [1.165, 1.54) is 0 Å². The van der Waals surface area contributed by atoms with E-state index in [1.807, 2.05) is 0 Å². The highest BCUT2D eigenvalue weighted by Gasteiger charge is 2.43. The summed E-state index contributed by atoms with van der Waals surface area (Å²) < 4.78 is 19.2. The van der Waals surface area contributed by atoms with Crippen molar-refractivity contribution in [3.63, 3.8) is 0 Å². The number of aliphatic hydroxyl groups excluding tert-OH is 2. The molecule has 18 heavy (non-hydrogen) atoms. The number of halogens is 2. The average molecular weight is 325 g/mol. The predicted octanol–water partition coefficient (Wildman–Crippen LogP) is -1.31. The standard InChI is InChI=1S/C9H10BrFN2O5/c10-5-6(15)4(2-14)18-8(5)13-1-3(11)7(16)12-9(13)17/h1,4-6,8,14-15H,2H2,(H,12,16,17)/t4-,5+,6-,8-/m1/s1. The van der Waals surface area contributed by atoms with E-state index in [-0.39, 0.29) is 0 Å². The third-order valence-electron chi connectivity index (χ3n) is 2.67. The van der Waals surface area contributed by atoms with Crippen LogP contribution in [0.25, 0.3) is 0 Å². The lowest BCUT2D eigenvalue weighted by Crippen LogP contribution is -2.36. The minimum atomic E-state index is -1.14. The third kappa shape index (κ3) is 2.14. The van der Waals surface area contributed by atoms with Crippen molar-refractivity contribution in [2.24, 2.45) is 0 Å². The summed E-state index contributed by atoms with van der Waals surface area (Å²) in [5.41, 5.74) is -1.98. The highest BCUT2D eigenvalue weighted by molar-refractivity contribution is 9.09. The van der Waals surface area contributed by atoms with Crippen molar-refractivity contribution in [2.45, 2.75) is 23.3 Å². The number of nitrogens with one attached hydrogen (secondary N) is 1. The Morgan fingerprint density at radius 2 is 2.22 bits per heavy atom. The van der Waals surface area contributed by atoms with Crippen LogP contribution in [-0.4, -0.2) is 43.4 Å². The van der Waals surface area contributed by atoms with Crippen LogP contribution in [0.5, 0.6) is 0 Å². The fraction of sp³-hybridized carbons (Fsp3) is 0.556. The number of aliphatic hydroxyl groups is 2. The van der Waals surface area contributed by atoms with Crippen molar-refractivity contribution in [1.82, 2.24) is 9.55 Å². The molecule has 0 spiro atoms. The number of aromatic amines is 1. The zero-order valence-electron chi connectivity index (χ0n) is 8.92. The lowest BCUT2D eigenvalue weighted by Gasteiger charge is -2.16. The first-order valence-corrected chi connectivity index (χ1v) is 5.96. The first kappa shape index (κ1) is 13.4. The number of rotatable bonds is 2. The second kappa shape index (κ2) is 4.92. The van der Waals surface area contributed by atoms with Crippen molar-refractivity contribution in [1.29, 1.82) is 0 Å². The number of aromatic nitrogens is 2. The Hall–Kier alpha value is -1.03. The summed E-state index contributed by atoms with van der Waals surface area (Å²) in [7, 11) is 0. The molecule has 1 aromatic heterocycles. The van der Waals surface area contributed by atoms with Gasteiger partial charge in [0.2, 0.25) is 5.82 Å². The van der Waals surface area contributed by atoms with Crippen molar-refractivity contribution < 1.29 is 19.3 Å². The molecule has 1 saturated heterocycles. The van der Waals surface area contributed by atoms with Crippen LogP contribution < -0.4 is 11.2 Å². The molecule has 1 aromatic rings. The van der Waals surface area contributed by atoms with Gasteiger partial charge in [-0.1, -0.05) is 15.9 Å². The minimum absolute atomic E-state index is 0.444. The van der Waals surface area contributed by atoms with Crippen LogP contribution in [0.3, 0.4) is 0 Å². The van der Waals surface area contributed by atoms with Crippen LogP contribution >= 0.6 is 15.9 Å². The fourth-order valence-corrected chi connectivity index (χ4v) is 2.45. The van der Waals surface area contributed by atoms with E-state index in [4.69, 9.17) is 9.84 Å². The van der Waals surface area contributed by atoms with Crippen molar-refractivity contribution >= 4 is 15.9 Å². The third-order valence-corrected chi connectivity index (χ3v) is 3.67. The summed E-state index contributed by atoms with van der Waals surface area (Å²) in [6, 6.07) is 0. The number of ether oxygens (including phenoxy) is 1. The lowest BCUT2D eigenvalue weighted by atomic mass is 10.2. The molecule has 0 saturated carbocycles. The molecule has 1 aliphatic rings. The molecule has 4 atom stereocenters. The molecule has 2 heterocycles. The Labute approximate surface area is 108 Å². The number of H-pyrrole nitrogens is 1. The average Bonchev–Trinajstić information content (AvgIpc) is 2.61. The van der Waals surface area contributed by atoms with Gasteiger partial charge in [0.05, 0.1) is 23.7 Å². The Kier molecular flexibility index (Phi) is 3.66. The van der Waals surface area contributed by atoms with Gasteiger partial charge in [0.1, 0.15) is 6.10 Å². The zero-order chi connectivity index (χ0) is 13.4. The largest absolute Gasteiger partial charge is 0.394 e. The predicted molar refractivity (Wildman–Crippen MR) is 61.0 cm³/mol. The molecule has 9 heteroatoms. The summed E-state index contributed by atoms with van der Waals surface area (Å²) in [5.74, 6) is -1.14. The first-order valence-electron chi connectivity index (χ1n) is 5.05. The van der Waals surface area contributed by atoms with E-state index in [9.17, 15) is 19.1 Å². The van der Waals surface area contributed by atoms with E-state index >= 15 is 0 Å². The van der Waals surface area contributed by atoms with E-state index in [2.05, 4.69) is 15.9 Å². The molecule has 0 amide bonds. The first-order chi connectivity index (χ1) is 8.45. The molecular weight excluding hydrogens is 315 g/mol. The maximum atomic E-state index is 13.1. The van der Waals surface area contributed by atoms with Crippen LogP contribution in [0.2, 0.25) is 0 Å². The van der Waals surface area contributed by atoms with Gasteiger partial charge in [-0.3, -0.25) is 14.3 Å². The zero-order valence-corrected chi connectivity index (χ0v) is 10.5. The lowest BCUT2D eigenvalue weighted by molar-refractivity contribution is -0.0459. The van der Waals surface area contributed by atoms with Crippen LogP contribution in [0.1, 0.15) is 6.23 Å². The minimum Gasteiger partial charge on any atom is -0.394 e. The topological polar surface area (TPSA) is 105 Å². The normalized spacial score (nSPS) is 31.8. The molecule has 0 radical (unpaired) electrons. The molecule has 0 aliphatic carbocycles. The maximum Gasteiger partial charge on any atom is 0.330 e. The maximum absolute atomic E-state index is 13.1. The summed E-state index contributed by atoms with van der Waals surface area (Å²) >= 11 is 3.10. The molecule has 1 aliphatic heterocycles. The molecular formula is C9H10BrFN2O5. The Morgan fingerprint density at radius 1 is 1.56 bits per heavy atom. The number of hydrogen-bond donors (Lipinski definition) is 3. The van der Waals surface area contributed by atoms with Crippen LogP contribution in [0, 0.1) is 5.82 Å². The second-order valence-electron chi connectivity index (χ2n) is 3.83. The van der Waals surface area contributed by atoms with E-state index in [0.717, 1.165) is 4.57 Å². The van der Waals surface area contributed by atoms with Gasteiger partial charge in [-0.25, -0.2) is 4.79 Å². The van der Waals surface area contributed by atoms with E-state index in [0.29, 0.717) is 6.20 Å². The Morgan fingerprint density at radius 3 is 2.78 bits per heavy atom. The van der Waals surface area contributed by atoms with Gasteiger partial charge >= 0.3 is 5.69 Å². The molecule has 0 aromatic carbocycles. The fourth-order valence-electron chi connectivity index (χ4n) is 1.73. The van der Waals surface area contributed by atoms with Gasteiger partial charge in [-0.15, -0.1) is 0 Å². The molecule has 3 N–H and O–H groups in total. The van der Waals surface area contributed by atoms with Gasteiger partial charge in [-0.05, 0) is 0 Å². The Bertz CT molecular complexity index is 559. The van der Waals surface area contributed by atoms with E-state index < -0.39 is 46.9 Å². The highest BCUT2D eigenvalue weighted by atomic mass is 79.9. The van der Waals surface area contributed by atoms with Gasteiger partial charge < -0.3 is 14.9 Å². The monoisotopic (exact) mass is 324 g/mol. The number of alkyl halides is 1. The SMILES string of the molecule is O=c1[nH]c(=O)n([C@@H]2O[C@H](CO)[C@@H](O)[C@@H]2Br)cc1F. The second-order valence-corrected chi connectivity index (χ2v) is 4.88. The van der Waals surface area contributed by atoms with E-state index in [1.54, 1.807) is 4.98 Å². The Balaban J connectivity index is 2.42. The molecule has 0 bridgehead atoms. The molecule has 0 unspecified atom stereocenters. The molecule has 7 nitrogen and oxygen atoms in total. The van der Waals surface area contributed by atoms with Crippen molar-refractivity contribution in [3.05, 3.63) is 32.9 Å².